The number of carbonyl (C=O) groups is 2. The van der Waals surface area contributed by atoms with E-state index in [9.17, 15) is 14.7 Å². The number of allylic oxidation sites excluding steroid dienone is 3. The molecule has 1 heterocycles. The highest BCUT2D eigenvalue weighted by molar-refractivity contribution is 9.10. The lowest BCUT2D eigenvalue weighted by Gasteiger charge is -2.37. The van der Waals surface area contributed by atoms with Crippen molar-refractivity contribution < 1.29 is 19.1 Å². The van der Waals surface area contributed by atoms with Gasteiger partial charge in [0.25, 0.3) is 0 Å². The van der Waals surface area contributed by atoms with Gasteiger partial charge in [-0.25, -0.2) is 4.98 Å². The summed E-state index contributed by atoms with van der Waals surface area (Å²) in [6.07, 6.45) is 7.94. The van der Waals surface area contributed by atoms with Crippen LogP contribution >= 0.6 is 39.0 Å². The lowest BCUT2D eigenvalue weighted by molar-refractivity contribution is -0.137. The fourth-order valence-corrected chi connectivity index (χ4v) is 8.25. The average Bonchev–Trinajstić information content (AvgIpc) is 3.24. The number of thiazole rings is 1. The summed E-state index contributed by atoms with van der Waals surface area (Å²) < 4.78 is 5.57. The monoisotopic (exact) mass is 687 g/mol. The molecule has 0 bridgehead atoms. The number of halogens is 1. The molecule has 41 heavy (non-hydrogen) atoms. The Bertz CT molecular complexity index is 1070. The van der Waals surface area contributed by atoms with Crippen LogP contribution in [0.1, 0.15) is 98.7 Å². The van der Waals surface area contributed by atoms with Crippen molar-refractivity contribution in [3.63, 3.8) is 0 Å². The topological polar surface area (TPSA) is 76.5 Å². The molecule has 0 fully saturated rings. The zero-order chi connectivity index (χ0) is 31.8. The number of ketones is 1. The van der Waals surface area contributed by atoms with Crippen molar-refractivity contribution in [3.8, 4) is 0 Å². The molecule has 1 rings (SSSR count). The normalized spacial score (nSPS) is 16.8. The maximum atomic E-state index is 12.9. The van der Waals surface area contributed by atoms with Crippen LogP contribution in [0.25, 0.3) is 6.08 Å². The number of aromatic nitrogens is 1. The average molecular weight is 689 g/mol. The first kappa shape index (κ1) is 38.3. The van der Waals surface area contributed by atoms with E-state index >= 15 is 0 Å². The standard InChI is InChI=1S/C32H54BrNO4S2Si/c1-21(14-13-15-22(2)19-38-41(11,12)31(6,7)8)16-17-27(23(3)18-26-20-39-25(5)34-26)28(30(36)37)40-32(9,10)29(35)24(4)33/h16,18,20,22,24,27-28H,13-15,17,19H2,1-12H3,(H,36,37)/b21-16-,23-18-/t22-,24?,27-,28?/m0/s1. The summed E-state index contributed by atoms with van der Waals surface area (Å²) >= 11 is 6.21. The van der Waals surface area contributed by atoms with Gasteiger partial charge in [-0.2, -0.15) is 0 Å². The van der Waals surface area contributed by atoms with Crippen LogP contribution in [0.4, 0.5) is 0 Å². The van der Waals surface area contributed by atoms with Gasteiger partial charge in [-0.15, -0.1) is 23.1 Å². The third kappa shape index (κ3) is 12.8. The number of alkyl halides is 1. The fourth-order valence-electron chi connectivity index (χ4n) is 4.30. The van der Waals surface area contributed by atoms with Gasteiger partial charge in [0.05, 0.1) is 20.3 Å². The molecule has 4 atom stereocenters. The van der Waals surface area contributed by atoms with Crippen molar-refractivity contribution in [2.24, 2.45) is 11.8 Å². The Balaban J connectivity index is 3.04. The van der Waals surface area contributed by atoms with Crippen molar-refractivity contribution in [3.05, 3.63) is 33.3 Å². The van der Waals surface area contributed by atoms with E-state index in [0.29, 0.717) is 12.3 Å². The number of nitrogens with zero attached hydrogens (tertiary/aromatic N) is 1. The molecule has 0 spiro atoms. The molecular formula is C32H54BrNO4S2Si. The first-order valence-corrected chi connectivity index (χ1v) is 20.2. The number of aliphatic carboxylic acids is 1. The van der Waals surface area contributed by atoms with Crippen molar-refractivity contribution in [2.45, 2.75) is 128 Å². The van der Waals surface area contributed by atoms with Crippen LogP contribution in [0.2, 0.25) is 18.1 Å². The molecule has 0 aromatic carbocycles. The van der Waals surface area contributed by atoms with E-state index in [1.807, 2.05) is 39.2 Å². The largest absolute Gasteiger partial charge is 0.480 e. The Labute approximate surface area is 267 Å². The van der Waals surface area contributed by atoms with Crippen molar-refractivity contribution in [2.75, 3.05) is 6.61 Å². The summed E-state index contributed by atoms with van der Waals surface area (Å²) in [7, 11) is -1.74. The summed E-state index contributed by atoms with van der Waals surface area (Å²) in [5.41, 5.74) is 3.08. The number of aryl methyl sites for hydroxylation is 1. The second-order valence-corrected chi connectivity index (χ2v) is 22.5. The zero-order valence-electron chi connectivity index (χ0n) is 27.4. The minimum Gasteiger partial charge on any atom is -0.480 e. The molecule has 0 aliphatic heterocycles. The Hall–Kier alpha value is -0.743. The molecule has 9 heteroatoms. The molecular weight excluding hydrogens is 634 g/mol. The van der Waals surface area contributed by atoms with Gasteiger partial charge in [0.15, 0.2) is 14.1 Å². The minimum absolute atomic E-state index is 0.0114. The highest BCUT2D eigenvalue weighted by atomic mass is 79.9. The Kier molecular flexibility index (Phi) is 15.3. The molecule has 0 aliphatic rings. The number of hydrogen-bond donors (Lipinski definition) is 1. The van der Waals surface area contributed by atoms with Gasteiger partial charge in [0.2, 0.25) is 0 Å². The lowest BCUT2D eigenvalue weighted by atomic mass is 9.90. The summed E-state index contributed by atoms with van der Waals surface area (Å²) in [6, 6.07) is 0. The van der Waals surface area contributed by atoms with Gasteiger partial charge in [-0.3, -0.25) is 9.59 Å². The second kappa shape index (κ2) is 16.4. The lowest BCUT2D eigenvalue weighted by Crippen LogP contribution is -2.41. The second-order valence-electron chi connectivity index (χ2n) is 13.5. The van der Waals surface area contributed by atoms with Crippen molar-refractivity contribution in [1.29, 1.82) is 0 Å². The first-order valence-electron chi connectivity index (χ1n) is 14.7. The van der Waals surface area contributed by atoms with Gasteiger partial charge >= 0.3 is 5.97 Å². The summed E-state index contributed by atoms with van der Waals surface area (Å²) in [6.45, 7) is 26.0. The van der Waals surface area contributed by atoms with E-state index in [0.717, 1.165) is 42.1 Å². The van der Waals surface area contributed by atoms with Gasteiger partial charge in [0, 0.05) is 17.9 Å². The van der Waals surface area contributed by atoms with Crippen LogP contribution in [0.3, 0.4) is 0 Å². The molecule has 0 saturated carbocycles. The van der Waals surface area contributed by atoms with Crippen LogP contribution in [-0.2, 0) is 14.0 Å². The Morgan fingerprint density at radius 3 is 2.29 bits per heavy atom. The quantitative estimate of drug-likeness (QED) is 0.0998. The van der Waals surface area contributed by atoms with E-state index < -0.39 is 24.3 Å². The van der Waals surface area contributed by atoms with E-state index in [2.05, 4.69) is 74.7 Å². The Morgan fingerprint density at radius 2 is 1.80 bits per heavy atom. The summed E-state index contributed by atoms with van der Waals surface area (Å²) in [5, 5.41) is 12.8. The number of hydrogen-bond acceptors (Lipinski definition) is 6. The molecule has 2 unspecified atom stereocenters. The minimum atomic E-state index is -1.74. The maximum absolute atomic E-state index is 12.9. The van der Waals surface area contributed by atoms with Crippen molar-refractivity contribution in [1.82, 2.24) is 4.98 Å². The number of Topliss-reactive ketones (excluding diaryl/α,β-unsaturated/α-hetero) is 1. The van der Waals surface area contributed by atoms with E-state index in [4.69, 9.17) is 4.43 Å². The smallest absolute Gasteiger partial charge is 0.317 e. The van der Waals surface area contributed by atoms with Gasteiger partial charge in [-0.05, 0) is 97.4 Å². The predicted octanol–water partition coefficient (Wildman–Crippen LogP) is 9.95. The van der Waals surface area contributed by atoms with Crippen LogP contribution < -0.4 is 0 Å². The zero-order valence-corrected chi connectivity index (χ0v) is 31.6. The van der Waals surface area contributed by atoms with Gasteiger partial charge < -0.3 is 9.53 Å². The third-order valence-corrected chi connectivity index (χ3v) is 15.4. The Morgan fingerprint density at radius 1 is 1.20 bits per heavy atom. The van der Waals surface area contributed by atoms with Crippen LogP contribution in [0, 0.1) is 18.8 Å². The molecule has 0 aliphatic carbocycles. The third-order valence-electron chi connectivity index (χ3n) is 8.11. The van der Waals surface area contributed by atoms with Crippen LogP contribution in [0.5, 0.6) is 0 Å². The highest BCUT2D eigenvalue weighted by Crippen LogP contribution is 2.40. The number of thioether (sulfide) groups is 1. The molecule has 0 amide bonds. The van der Waals surface area contributed by atoms with E-state index in [-0.39, 0.29) is 21.6 Å². The molecule has 1 N–H and O–H groups in total. The number of carbonyl (C=O) groups excluding carboxylic acids is 1. The number of carboxylic acid groups (broad SMARTS) is 1. The van der Waals surface area contributed by atoms with E-state index in [1.54, 1.807) is 18.3 Å². The number of rotatable bonds is 17. The predicted molar refractivity (Wildman–Crippen MR) is 185 cm³/mol. The summed E-state index contributed by atoms with van der Waals surface area (Å²) in [4.78, 5) is 29.8. The molecule has 1 aromatic rings. The van der Waals surface area contributed by atoms with Crippen LogP contribution in [0.15, 0.2) is 22.6 Å². The molecule has 0 saturated heterocycles. The van der Waals surface area contributed by atoms with Crippen molar-refractivity contribution >= 4 is 65.2 Å². The molecule has 0 radical (unpaired) electrons. The van der Waals surface area contributed by atoms with Gasteiger partial charge in [-0.1, -0.05) is 60.8 Å². The van der Waals surface area contributed by atoms with Gasteiger partial charge in [0.1, 0.15) is 5.25 Å². The van der Waals surface area contributed by atoms with E-state index in [1.165, 1.54) is 17.3 Å². The number of carboxylic acids is 1. The summed E-state index contributed by atoms with van der Waals surface area (Å²) in [5.74, 6) is -0.681. The maximum Gasteiger partial charge on any atom is 0.317 e. The molecule has 234 valence electrons. The molecule has 1 aromatic heterocycles. The highest BCUT2D eigenvalue weighted by Gasteiger charge is 2.40. The fraction of sp³-hybridized carbons (Fsp3) is 0.719. The SMILES string of the molecule is C/C(=C/C[C@@H](/C(C)=C\c1csc(C)n1)C(SC(C)(C)C(=O)C(C)Br)C(=O)O)CCC[C@H](C)CO[Si](C)(C)C(C)(C)C. The molecule has 5 nitrogen and oxygen atoms in total. The van der Waals surface area contributed by atoms with Crippen LogP contribution in [-0.4, -0.2) is 51.6 Å². The first-order chi connectivity index (χ1) is 18.7.